The Labute approximate surface area is 107 Å². The van der Waals surface area contributed by atoms with Gasteiger partial charge in [-0.3, -0.25) is 0 Å². The highest BCUT2D eigenvalue weighted by Gasteiger charge is 2.11. The molecule has 0 fully saturated rings. The minimum Gasteiger partial charge on any atom is -0.387 e. The van der Waals surface area contributed by atoms with Crippen LogP contribution in [0.3, 0.4) is 0 Å². The molecule has 0 aromatic heterocycles. The SMILES string of the molecule is CC(C)CNCC(O)c1cc(Cl)ccc1Cl. The molecular weight excluding hydrogens is 245 g/mol. The van der Waals surface area contributed by atoms with E-state index in [9.17, 15) is 5.11 Å². The molecule has 0 heterocycles. The Bertz CT molecular complexity index is 342. The Morgan fingerprint density at radius 2 is 1.94 bits per heavy atom. The van der Waals surface area contributed by atoms with Crippen molar-refractivity contribution in [3.8, 4) is 0 Å². The fourth-order valence-electron chi connectivity index (χ4n) is 1.39. The van der Waals surface area contributed by atoms with E-state index in [4.69, 9.17) is 23.2 Å². The molecule has 90 valence electrons. The van der Waals surface area contributed by atoms with Gasteiger partial charge >= 0.3 is 0 Å². The van der Waals surface area contributed by atoms with Gasteiger partial charge < -0.3 is 10.4 Å². The number of benzene rings is 1. The Morgan fingerprint density at radius 3 is 2.56 bits per heavy atom. The average Bonchev–Trinajstić information content (AvgIpc) is 2.21. The summed E-state index contributed by atoms with van der Waals surface area (Å²) in [6, 6.07) is 5.11. The van der Waals surface area contributed by atoms with Crippen molar-refractivity contribution in [3.05, 3.63) is 33.8 Å². The molecule has 0 saturated carbocycles. The van der Waals surface area contributed by atoms with Crippen LogP contribution in [-0.4, -0.2) is 18.2 Å². The molecule has 1 aromatic rings. The normalized spacial score (nSPS) is 13.1. The summed E-state index contributed by atoms with van der Waals surface area (Å²) in [6.45, 7) is 5.59. The molecule has 1 atom stereocenters. The van der Waals surface area contributed by atoms with Crippen LogP contribution in [0.2, 0.25) is 10.0 Å². The highest BCUT2D eigenvalue weighted by atomic mass is 35.5. The van der Waals surface area contributed by atoms with E-state index in [0.29, 0.717) is 28.1 Å². The fourth-order valence-corrected chi connectivity index (χ4v) is 1.81. The molecule has 0 aliphatic carbocycles. The van der Waals surface area contributed by atoms with E-state index in [0.717, 1.165) is 6.54 Å². The van der Waals surface area contributed by atoms with Crippen molar-refractivity contribution >= 4 is 23.2 Å². The van der Waals surface area contributed by atoms with Crippen molar-refractivity contribution in [1.82, 2.24) is 5.32 Å². The lowest BCUT2D eigenvalue weighted by Crippen LogP contribution is -2.25. The number of halogens is 2. The Hall–Kier alpha value is -0.280. The molecule has 2 nitrogen and oxygen atoms in total. The van der Waals surface area contributed by atoms with Crippen LogP contribution in [0.4, 0.5) is 0 Å². The van der Waals surface area contributed by atoms with E-state index >= 15 is 0 Å². The van der Waals surface area contributed by atoms with Crippen molar-refractivity contribution < 1.29 is 5.11 Å². The molecule has 0 spiro atoms. The summed E-state index contributed by atoms with van der Waals surface area (Å²) in [5.41, 5.74) is 0.672. The lowest BCUT2D eigenvalue weighted by Gasteiger charge is -2.15. The van der Waals surface area contributed by atoms with Crippen molar-refractivity contribution in [3.63, 3.8) is 0 Å². The van der Waals surface area contributed by atoms with Crippen LogP contribution >= 0.6 is 23.2 Å². The van der Waals surface area contributed by atoms with Crippen LogP contribution in [0.5, 0.6) is 0 Å². The number of aliphatic hydroxyl groups excluding tert-OH is 1. The highest BCUT2D eigenvalue weighted by Crippen LogP contribution is 2.25. The first-order valence-electron chi connectivity index (χ1n) is 5.34. The van der Waals surface area contributed by atoms with Gasteiger partial charge in [-0.2, -0.15) is 0 Å². The third-order valence-electron chi connectivity index (χ3n) is 2.21. The van der Waals surface area contributed by atoms with E-state index in [1.165, 1.54) is 0 Å². The number of rotatable bonds is 5. The van der Waals surface area contributed by atoms with Gasteiger partial charge in [-0.15, -0.1) is 0 Å². The van der Waals surface area contributed by atoms with Crippen LogP contribution in [-0.2, 0) is 0 Å². The van der Waals surface area contributed by atoms with Crippen LogP contribution in [0.25, 0.3) is 0 Å². The molecule has 0 aliphatic heterocycles. The molecule has 4 heteroatoms. The molecule has 0 amide bonds. The van der Waals surface area contributed by atoms with Gasteiger partial charge in [0.15, 0.2) is 0 Å². The topological polar surface area (TPSA) is 32.3 Å². The monoisotopic (exact) mass is 261 g/mol. The number of hydrogen-bond donors (Lipinski definition) is 2. The molecule has 0 radical (unpaired) electrons. The number of nitrogens with one attached hydrogen (secondary N) is 1. The van der Waals surface area contributed by atoms with Gasteiger partial charge in [0, 0.05) is 22.2 Å². The third kappa shape index (κ3) is 4.30. The maximum atomic E-state index is 9.93. The smallest absolute Gasteiger partial charge is 0.0929 e. The molecule has 0 aliphatic rings. The van der Waals surface area contributed by atoms with Gasteiger partial charge in [-0.25, -0.2) is 0 Å². The predicted molar refractivity (Wildman–Crippen MR) is 69.1 cm³/mol. The lowest BCUT2D eigenvalue weighted by atomic mass is 10.1. The summed E-state index contributed by atoms with van der Waals surface area (Å²) in [4.78, 5) is 0. The van der Waals surface area contributed by atoms with E-state index in [1.54, 1.807) is 18.2 Å². The Balaban J connectivity index is 2.58. The van der Waals surface area contributed by atoms with E-state index in [-0.39, 0.29) is 0 Å². The molecular formula is C12H17Cl2NO. The van der Waals surface area contributed by atoms with E-state index in [1.807, 2.05) is 0 Å². The third-order valence-corrected chi connectivity index (χ3v) is 2.79. The van der Waals surface area contributed by atoms with Gasteiger partial charge in [-0.1, -0.05) is 37.0 Å². The largest absolute Gasteiger partial charge is 0.387 e. The van der Waals surface area contributed by atoms with Gasteiger partial charge in [0.25, 0.3) is 0 Å². The molecule has 16 heavy (non-hydrogen) atoms. The summed E-state index contributed by atoms with van der Waals surface area (Å²) in [5.74, 6) is 0.557. The van der Waals surface area contributed by atoms with Gasteiger partial charge in [0.05, 0.1) is 6.10 Å². The molecule has 0 bridgehead atoms. The van der Waals surface area contributed by atoms with Gasteiger partial charge in [-0.05, 0) is 30.7 Å². The fraction of sp³-hybridized carbons (Fsp3) is 0.500. The van der Waals surface area contributed by atoms with Crippen molar-refractivity contribution in [2.24, 2.45) is 5.92 Å². The van der Waals surface area contributed by atoms with E-state index in [2.05, 4.69) is 19.2 Å². The standard InChI is InChI=1S/C12H17Cl2NO/c1-8(2)6-15-7-12(16)10-5-9(13)3-4-11(10)14/h3-5,8,12,15-16H,6-7H2,1-2H3. The maximum absolute atomic E-state index is 9.93. The van der Waals surface area contributed by atoms with Gasteiger partial charge in [0.2, 0.25) is 0 Å². The van der Waals surface area contributed by atoms with Gasteiger partial charge in [0.1, 0.15) is 0 Å². The van der Waals surface area contributed by atoms with Crippen molar-refractivity contribution in [2.45, 2.75) is 20.0 Å². The summed E-state index contributed by atoms with van der Waals surface area (Å²) < 4.78 is 0. The second kappa shape index (κ2) is 6.45. The first-order chi connectivity index (χ1) is 7.50. The van der Waals surface area contributed by atoms with Crippen LogP contribution in [0, 0.1) is 5.92 Å². The molecule has 1 rings (SSSR count). The molecule has 1 aromatic carbocycles. The zero-order chi connectivity index (χ0) is 12.1. The lowest BCUT2D eigenvalue weighted by molar-refractivity contribution is 0.173. The molecule has 1 unspecified atom stereocenters. The minimum absolute atomic E-state index is 0.484. The quantitative estimate of drug-likeness (QED) is 0.853. The summed E-state index contributed by atoms with van der Waals surface area (Å²) >= 11 is 11.8. The van der Waals surface area contributed by atoms with E-state index < -0.39 is 6.10 Å². The van der Waals surface area contributed by atoms with Crippen LogP contribution < -0.4 is 5.32 Å². The zero-order valence-corrected chi connectivity index (χ0v) is 11.0. The molecule has 0 saturated heterocycles. The maximum Gasteiger partial charge on any atom is 0.0929 e. The summed E-state index contributed by atoms with van der Waals surface area (Å²) in [5, 5.41) is 14.2. The van der Waals surface area contributed by atoms with Crippen molar-refractivity contribution in [2.75, 3.05) is 13.1 Å². The Morgan fingerprint density at radius 1 is 1.25 bits per heavy atom. The summed E-state index contributed by atoms with van der Waals surface area (Å²) in [7, 11) is 0. The minimum atomic E-state index is -0.620. The number of aliphatic hydroxyl groups is 1. The van der Waals surface area contributed by atoms with Crippen LogP contribution in [0.1, 0.15) is 25.5 Å². The summed E-state index contributed by atoms with van der Waals surface area (Å²) in [6.07, 6.45) is -0.620. The van der Waals surface area contributed by atoms with Crippen LogP contribution in [0.15, 0.2) is 18.2 Å². The Kier molecular flexibility index (Phi) is 5.56. The predicted octanol–water partition coefficient (Wildman–Crippen LogP) is 3.27. The average molecular weight is 262 g/mol. The second-order valence-electron chi connectivity index (χ2n) is 4.23. The first kappa shape index (κ1) is 13.8. The molecule has 2 N–H and O–H groups in total. The first-order valence-corrected chi connectivity index (χ1v) is 6.10. The highest BCUT2D eigenvalue weighted by molar-refractivity contribution is 6.33. The zero-order valence-electron chi connectivity index (χ0n) is 9.50. The van der Waals surface area contributed by atoms with Crippen molar-refractivity contribution in [1.29, 1.82) is 0 Å². The number of hydrogen-bond acceptors (Lipinski definition) is 2. The second-order valence-corrected chi connectivity index (χ2v) is 5.08.